The molecular weight excluding hydrogens is 495 g/mol. The van der Waals surface area contributed by atoms with Gasteiger partial charge in [-0.25, -0.2) is 8.78 Å². The third-order valence-electron chi connectivity index (χ3n) is 6.47. The molecule has 0 heterocycles. The summed E-state index contributed by atoms with van der Waals surface area (Å²) in [6.07, 6.45) is 2.26. The molecule has 0 aliphatic carbocycles. The third kappa shape index (κ3) is 10.0. The molecule has 0 saturated carbocycles. The van der Waals surface area contributed by atoms with Gasteiger partial charge in [0, 0.05) is 6.54 Å². The third-order valence-corrected chi connectivity index (χ3v) is 7.37. The maximum atomic E-state index is 14.6. The van der Waals surface area contributed by atoms with Crippen molar-refractivity contribution in [3.8, 4) is 5.75 Å². The van der Waals surface area contributed by atoms with Gasteiger partial charge < -0.3 is 19.8 Å². The number of hydrogen-bond acceptors (Lipinski definition) is 3. The highest BCUT2D eigenvalue weighted by molar-refractivity contribution is 7.51. The van der Waals surface area contributed by atoms with Gasteiger partial charge >= 0.3 is 7.60 Å². The number of benzene rings is 3. The standard InChI is InChI=1S/C29H36F2NO4P/c1-21-6-7-24(17-22(21)2)18-25(28-19-26(30)10-13-29(28)31)5-3-15-36-27-11-8-23(9-12-27)20-32-14-4-16-37(33,34)35/h6-13,17,19,25,32H,3-5,14-16,18,20H2,1-2H3,(H2,33,34,35). The van der Waals surface area contributed by atoms with Crippen molar-refractivity contribution in [2.24, 2.45) is 0 Å². The molecule has 0 aliphatic heterocycles. The lowest BCUT2D eigenvalue weighted by Crippen LogP contribution is -2.15. The van der Waals surface area contributed by atoms with E-state index in [2.05, 4.69) is 37.4 Å². The molecule has 0 aromatic heterocycles. The van der Waals surface area contributed by atoms with E-state index in [9.17, 15) is 13.3 Å². The maximum Gasteiger partial charge on any atom is 0.325 e. The Morgan fingerprint density at radius 3 is 2.35 bits per heavy atom. The Morgan fingerprint density at radius 1 is 0.919 bits per heavy atom. The second kappa shape index (κ2) is 13.8. The maximum absolute atomic E-state index is 14.6. The first-order valence-corrected chi connectivity index (χ1v) is 14.4. The molecule has 37 heavy (non-hydrogen) atoms. The fourth-order valence-electron chi connectivity index (χ4n) is 4.28. The molecule has 0 amide bonds. The van der Waals surface area contributed by atoms with E-state index in [4.69, 9.17) is 14.5 Å². The molecule has 1 unspecified atom stereocenters. The summed E-state index contributed by atoms with van der Waals surface area (Å²) in [6, 6.07) is 17.5. The number of aryl methyl sites for hydroxylation is 2. The first-order chi connectivity index (χ1) is 17.6. The van der Waals surface area contributed by atoms with Gasteiger partial charge in [-0.15, -0.1) is 0 Å². The number of nitrogens with one attached hydrogen (secondary N) is 1. The minimum Gasteiger partial charge on any atom is -0.494 e. The molecule has 0 spiro atoms. The minimum atomic E-state index is -3.94. The smallest absolute Gasteiger partial charge is 0.325 e. The quantitative estimate of drug-likeness (QED) is 0.165. The fraction of sp³-hybridized carbons (Fsp3) is 0.379. The first kappa shape index (κ1) is 29.0. The van der Waals surface area contributed by atoms with Gasteiger partial charge in [-0.05, 0) is 110 Å². The van der Waals surface area contributed by atoms with Crippen LogP contribution in [0.25, 0.3) is 0 Å². The van der Waals surface area contributed by atoms with Crippen LogP contribution in [0.5, 0.6) is 5.75 Å². The molecule has 0 bridgehead atoms. The SMILES string of the molecule is Cc1ccc(CC(CCCOc2ccc(CNCCCP(=O)(O)O)cc2)c2cc(F)ccc2F)cc1C. The summed E-state index contributed by atoms with van der Waals surface area (Å²) in [5.41, 5.74) is 4.92. The van der Waals surface area contributed by atoms with Crippen LogP contribution in [0.4, 0.5) is 8.78 Å². The Balaban J connectivity index is 1.51. The fourth-order valence-corrected chi connectivity index (χ4v) is 4.85. The topological polar surface area (TPSA) is 78.8 Å². The molecule has 1 atom stereocenters. The van der Waals surface area contributed by atoms with Crippen LogP contribution in [0.2, 0.25) is 0 Å². The van der Waals surface area contributed by atoms with Gasteiger partial charge in [0.2, 0.25) is 0 Å². The first-order valence-electron chi connectivity index (χ1n) is 12.6. The van der Waals surface area contributed by atoms with E-state index in [-0.39, 0.29) is 17.9 Å². The van der Waals surface area contributed by atoms with E-state index < -0.39 is 13.4 Å². The highest BCUT2D eigenvalue weighted by atomic mass is 31.2. The molecule has 3 rings (SSSR count). The van der Waals surface area contributed by atoms with Gasteiger partial charge in [0.15, 0.2) is 0 Å². The summed E-state index contributed by atoms with van der Waals surface area (Å²) >= 11 is 0. The number of rotatable bonds is 14. The van der Waals surface area contributed by atoms with Crippen LogP contribution < -0.4 is 10.1 Å². The molecule has 200 valence electrons. The van der Waals surface area contributed by atoms with Crippen LogP contribution in [-0.4, -0.2) is 29.1 Å². The van der Waals surface area contributed by atoms with Crippen molar-refractivity contribution in [1.29, 1.82) is 0 Å². The zero-order chi connectivity index (χ0) is 26.8. The predicted molar refractivity (Wildman–Crippen MR) is 143 cm³/mol. The van der Waals surface area contributed by atoms with E-state index in [1.54, 1.807) is 0 Å². The Kier molecular flexibility index (Phi) is 10.8. The van der Waals surface area contributed by atoms with Gasteiger partial charge in [0.05, 0.1) is 12.8 Å². The summed E-state index contributed by atoms with van der Waals surface area (Å²) in [4.78, 5) is 17.8. The molecule has 0 radical (unpaired) electrons. The van der Waals surface area contributed by atoms with E-state index in [1.807, 2.05) is 24.3 Å². The van der Waals surface area contributed by atoms with E-state index >= 15 is 0 Å². The zero-order valence-corrected chi connectivity index (χ0v) is 22.3. The molecule has 3 N–H and O–H groups in total. The van der Waals surface area contributed by atoms with Crippen LogP contribution in [0.1, 0.15) is 53.0 Å². The molecule has 0 saturated heterocycles. The van der Waals surface area contributed by atoms with E-state index in [0.717, 1.165) is 22.9 Å². The van der Waals surface area contributed by atoms with Crippen LogP contribution in [0.15, 0.2) is 60.7 Å². The van der Waals surface area contributed by atoms with Crippen molar-refractivity contribution in [3.63, 3.8) is 0 Å². The van der Waals surface area contributed by atoms with Gasteiger partial charge in [-0.2, -0.15) is 0 Å². The Bertz CT molecular complexity index is 1200. The summed E-state index contributed by atoms with van der Waals surface area (Å²) in [5.74, 6) is -0.260. The number of halogens is 2. The Hall–Kier alpha value is -2.57. The van der Waals surface area contributed by atoms with Crippen molar-refractivity contribution in [1.82, 2.24) is 5.32 Å². The zero-order valence-electron chi connectivity index (χ0n) is 21.4. The summed E-state index contributed by atoms with van der Waals surface area (Å²) in [6.45, 7) is 5.69. The van der Waals surface area contributed by atoms with Crippen LogP contribution in [0.3, 0.4) is 0 Å². The van der Waals surface area contributed by atoms with E-state index in [0.29, 0.717) is 50.9 Å². The molecule has 8 heteroatoms. The Labute approximate surface area is 218 Å². The predicted octanol–water partition coefficient (Wildman–Crippen LogP) is 6.42. The lowest BCUT2D eigenvalue weighted by Gasteiger charge is -2.19. The van der Waals surface area contributed by atoms with Gasteiger partial charge in [-0.3, -0.25) is 4.57 Å². The van der Waals surface area contributed by atoms with Gasteiger partial charge in [0.25, 0.3) is 0 Å². The second-order valence-electron chi connectivity index (χ2n) is 9.54. The number of ether oxygens (including phenoxy) is 1. The monoisotopic (exact) mass is 531 g/mol. The summed E-state index contributed by atoms with van der Waals surface area (Å²) in [5, 5.41) is 3.17. The summed E-state index contributed by atoms with van der Waals surface area (Å²) < 4.78 is 45.3. The lowest BCUT2D eigenvalue weighted by atomic mass is 9.87. The minimum absolute atomic E-state index is 0.121. The Morgan fingerprint density at radius 2 is 1.65 bits per heavy atom. The molecular formula is C29H36F2NO4P. The lowest BCUT2D eigenvalue weighted by molar-refractivity contribution is 0.300. The molecule has 3 aromatic rings. The summed E-state index contributed by atoms with van der Waals surface area (Å²) in [7, 11) is -3.94. The average molecular weight is 532 g/mol. The average Bonchev–Trinajstić information content (AvgIpc) is 2.85. The highest BCUT2D eigenvalue weighted by Crippen LogP contribution is 2.34. The van der Waals surface area contributed by atoms with Crippen molar-refractivity contribution < 1.29 is 27.9 Å². The molecule has 0 aliphatic rings. The van der Waals surface area contributed by atoms with E-state index in [1.165, 1.54) is 23.3 Å². The normalized spacial score (nSPS) is 12.5. The van der Waals surface area contributed by atoms with Crippen molar-refractivity contribution >= 4 is 7.60 Å². The van der Waals surface area contributed by atoms with Crippen molar-refractivity contribution in [2.45, 2.75) is 52.0 Å². The molecule has 0 fully saturated rings. The second-order valence-corrected chi connectivity index (χ2v) is 11.3. The molecule has 3 aromatic carbocycles. The number of hydrogen-bond donors (Lipinski definition) is 3. The largest absolute Gasteiger partial charge is 0.494 e. The highest BCUT2D eigenvalue weighted by Gasteiger charge is 2.18. The van der Waals surface area contributed by atoms with Gasteiger partial charge in [0.1, 0.15) is 17.4 Å². The molecule has 5 nitrogen and oxygen atoms in total. The van der Waals surface area contributed by atoms with Crippen LogP contribution in [0, 0.1) is 25.5 Å². The van der Waals surface area contributed by atoms with Crippen molar-refractivity contribution in [3.05, 3.63) is 100 Å². The van der Waals surface area contributed by atoms with Crippen LogP contribution in [-0.2, 0) is 17.5 Å². The van der Waals surface area contributed by atoms with Gasteiger partial charge in [-0.1, -0.05) is 30.3 Å². The van der Waals surface area contributed by atoms with Crippen molar-refractivity contribution in [2.75, 3.05) is 19.3 Å². The van der Waals surface area contributed by atoms with Crippen LogP contribution >= 0.6 is 7.60 Å².